The molecule has 0 fully saturated rings. The van der Waals surface area contributed by atoms with Crippen LogP contribution in [-0.4, -0.2) is 57.9 Å². The molecule has 0 aliphatic carbocycles. The lowest BCUT2D eigenvalue weighted by Gasteiger charge is -2.46. The maximum Gasteiger partial charge on any atom is 0.261 e. The van der Waals surface area contributed by atoms with E-state index in [0.29, 0.717) is 19.6 Å². The lowest BCUT2D eigenvalue weighted by Crippen LogP contribution is -2.66. The maximum atomic E-state index is 11.8. The molecule has 0 heterocycles. The van der Waals surface area contributed by atoms with Crippen LogP contribution in [0.4, 0.5) is 0 Å². The maximum absolute atomic E-state index is 11.8. The minimum atomic E-state index is -2.77. The highest BCUT2D eigenvalue weighted by molar-refractivity contribution is 6.99. The second-order valence-corrected chi connectivity index (χ2v) is 23.8. The van der Waals surface area contributed by atoms with Crippen molar-refractivity contribution >= 4 is 27.0 Å². The Kier molecular flexibility index (Phi) is 12.4. The lowest BCUT2D eigenvalue weighted by molar-refractivity contribution is -0.157. The first-order valence-corrected chi connectivity index (χ1v) is 20.8. The summed E-state index contributed by atoms with van der Waals surface area (Å²) >= 11 is 0. The van der Waals surface area contributed by atoms with E-state index in [-0.39, 0.29) is 23.1 Å². The minimum absolute atomic E-state index is 0.0447. The van der Waals surface area contributed by atoms with Gasteiger partial charge in [0.1, 0.15) is 6.10 Å². The van der Waals surface area contributed by atoms with Gasteiger partial charge >= 0.3 is 0 Å². The predicted octanol–water partition coefficient (Wildman–Crippen LogP) is 7.06. The van der Waals surface area contributed by atoms with Crippen molar-refractivity contribution in [3.8, 4) is 0 Å². The SMILES string of the molecule is CC(C)(C)[Si](C)(C)O[C@@H](CCO[Si](c1ccccc1)(c1ccccc1)C(C)(C)C)[C@H](OCc1ccccc1)[C@](C)(O)CCO. The molecule has 0 saturated carbocycles. The average Bonchev–Trinajstić information content (AvgIpc) is 2.95. The third-order valence-electron chi connectivity index (χ3n) is 9.23. The summed E-state index contributed by atoms with van der Waals surface area (Å²) in [6.45, 7) is 20.3. The van der Waals surface area contributed by atoms with E-state index in [1.807, 2.05) is 30.3 Å². The van der Waals surface area contributed by atoms with Crippen molar-refractivity contribution < 1.29 is 23.8 Å². The largest absolute Gasteiger partial charge is 0.411 e. The van der Waals surface area contributed by atoms with Crippen molar-refractivity contribution in [3.05, 3.63) is 96.6 Å². The van der Waals surface area contributed by atoms with Gasteiger partial charge in [0.2, 0.25) is 0 Å². The summed E-state index contributed by atoms with van der Waals surface area (Å²) in [6, 6.07) is 31.3. The Morgan fingerprint density at radius 1 is 0.705 bits per heavy atom. The van der Waals surface area contributed by atoms with E-state index >= 15 is 0 Å². The number of aliphatic hydroxyl groups excluding tert-OH is 1. The first kappa shape index (κ1) is 36.4. The van der Waals surface area contributed by atoms with Crippen LogP contribution in [0.1, 0.15) is 66.9 Å². The molecule has 5 nitrogen and oxygen atoms in total. The molecule has 242 valence electrons. The fraction of sp³-hybridized carbons (Fsp3) is 0.514. The van der Waals surface area contributed by atoms with Crippen molar-refractivity contribution in [2.24, 2.45) is 0 Å². The third-order valence-corrected chi connectivity index (χ3v) is 18.8. The van der Waals surface area contributed by atoms with Crippen LogP contribution in [0.5, 0.6) is 0 Å². The van der Waals surface area contributed by atoms with E-state index in [1.165, 1.54) is 10.4 Å². The quantitative estimate of drug-likeness (QED) is 0.175. The van der Waals surface area contributed by atoms with Gasteiger partial charge in [-0.3, -0.25) is 0 Å². The Morgan fingerprint density at radius 3 is 1.61 bits per heavy atom. The van der Waals surface area contributed by atoms with Crippen molar-refractivity contribution in [2.75, 3.05) is 13.2 Å². The Labute approximate surface area is 268 Å². The van der Waals surface area contributed by atoms with Crippen molar-refractivity contribution in [3.63, 3.8) is 0 Å². The van der Waals surface area contributed by atoms with Crippen LogP contribution in [0.3, 0.4) is 0 Å². The molecule has 0 radical (unpaired) electrons. The molecule has 0 bridgehead atoms. The summed E-state index contributed by atoms with van der Waals surface area (Å²) in [5.74, 6) is 0. The first-order valence-electron chi connectivity index (χ1n) is 16.0. The van der Waals surface area contributed by atoms with Gasteiger partial charge in [0, 0.05) is 19.6 Å². The minimum Gasteiger partial charge on any atom is -0.411 e. The summed E-state index contributed by atoms with van der Waals surface area (Å²) in [5.41, 5.74) is -0.291. The molecule has 0 aromatic heterocycles. The standard InChI is InChI=1S/C37H56O5Si2/c1-35(2,3)43(8,9)42-33(34(37(7,39)26-27-38)40-29-30-19-13-10-14-20-30)25-28-41-44(36(4,5)6,31-21-15-11-16-22-31)32-23-17-12-18-24-32/h10-24,33-34,38-39H,25-29H2,1-9H3/t33-,34-,37+/m0/s1. The number of rotatable bonds is 15. The molecule has 3 atom stereocenters. The van der Waals surface area contributed by atoms with Crippen molar-refractivity contribution in [1.29, 1.82) is 0 Å². The molecule has 3 aromatic carbocycles. The molecule has 3 aromatic rings. The van der Waals surface area contributed by atoms with Crippen LogP contribution in [0.15, 0.2) is 91.0 Å². The Bertz CT molecular complexity index is 1210. The van der Waals surface area contributed by atoms with E-state index in [0.717, 1.165) is 5.56 Å². The second-order valence-electron chi connectivity index (χ2n) is 14.8. The van der Waals surface area contributed by atoms with E-state index in [9.17, 15) is 10.2 Å². The average molecular weight is 637 g/mol. The topological polar surface area (TPSA) is 68.2 Å². The summed E-state index contributed by atoms with van der Waals surface area (Å²) in [4.78, 5) is 0. The normalized spacial score (nSPS) is 15.9. The summed E-state index contributed by atoms with van der Waals surface area (Å²) in [5, 5.41) is 24.0. The Morgan fingerprint density at radius 2 is 1.18 bits per heavy atom. The molecular weight excluding hydrogens is 581 g/mol. The lowest BCUT2D eigenvalue weighted by atomic mass is 9.90. The van der Waals surface area contributed by atoms with Gasteiger partial charge in [0.15, 0.2) is 8.32 Å². The summed E-state index contributed by atoms with van der Waals surface area (Å²) < 4.78 is 21.0. The highest BCUT2D eigenvalue weighted by Crippen LogP contribution is 2.40. The number of benzene rings is 3. The molecule has 44 heavy (non-hydrogen) atoms. The van der Waals surface area contributed by atoms with Gasteiger partial charge in [0.25, 0.3) is 8.32 Å². The Hall–Kier alpha value is -2.11. The van der Waals surface area contributed by atoms with E-state index in [1.54, 1.807) is 6.92 Å². The first-order chi connectivity index (χ1) is 20.5. The van der Waals surface area contributed by atoms with Gasteiger partial charge < -0.3 is 23.8 Å². The van der Waals surface area contributed by atoms with Crippen molar-refractivity contribution in [2.45, 2.75) is 109 Å². The number of hydrogen-bond acceptors (Lipinski definition) is 5. The molecule has 0 spiro atoms. The van der Waals surface area contributed by atoms with Gasteiger partial charge in [-0.15, -0.1) is 0 Å². The smallest absolute Gasteiger partial charge is 0.261 e. The fourth-order valence-corrected chi connectivity index (χ4v) is 11.7. The molecule has 0 aliphatic heterocycles. The van der Waals surface area contributed by atoms with Gasteiger partial charge in [-0.05, 0) is 52.5 Å². The van der Waals surface area contributed by atoms with Crippen LogP contribution < -0.4 is 10.4 Å². The zero-order valence-electron chi connectivity index (χ0n) is 28.5. The monoisotopic (exact) mass is 636 g/mol. The summed E-state index contributed by atoms with van der Waals surface area (Å²) in [6.07, 6.45) is -0.400. The van der Waals surface area contributed by atoms with Gasteiger partial charge in [0.05, 0.1) is 18.3 Å². The van der Waals surface area contributed by atoms with Crippen LogP contribution in [0, 0.1) is 0 Å². The highest BCUT2D eigenvalue weighted by atomic mass is 28.4. The molecule has 2 N–H and O–H groups in total. The van der Waals surface area contributed by atoms with Crippen molar-refractivity contribution in [1.82, 2.24) is 0 Å². The number of hydrogen-bond donors (Lipinski definition) is 2. The molecule has 0 saturated heterocycles. The zero-order chi connectivity index (χ0) is 32.7. The van der Waals surface area contributed by atoms with E-state index in [2.05, 4.69) is 115 Å². The van der Waals surface area contributed by atoms with Crippen LogP contribution in [0.2, 0.25) is 23.2 Å². The number of aliphatic hydroxyl groups is 2. The van der Waals surface area contributed by atoms with E-state index < -0.39 is 34.4 Å². The highest BCUT2D eigenvalue weighted by Gasteiger charge is 2.51. The fourth-order valence-electron chi connectivity index (χ4n) is 5.73. The summed E-state index contributed by atoms with van der Waals surface area (Å²) in [7, 11) is -5.06. The van der Waals surface area contributed by atoms with Gasteiger partial charge in [-0.1, -0.05) is 133 Å². The predicted molar refractivity (Wildman–Crippen MR) is 188 cm³/mol. The van der Waals surface area contributed by atoms with Crippen LogP contribution in [0.25, 0.3) is 0 Å². The van der Waals surface area contributed by atoms with Gasteiger partial charge in [-0.25, -0.2) is 0 Å². The third kappa shape index (κ3) is 8.78. The van der Waals surface area contributed by atoms with Crippen LogP contribution in [-0.2, 0) is 20.2 Å². The van der Waals surface area contributed by atoms with E-state index in [4.69, 9.17) is 13.6 Å². The molecular formula is C37H56O5Si2. The van der Waals surface area contributed by atoms with Gasteiger partial charge in [-0.2, -0.15) is 0 Å². The molecule has 0 amide bonds. The Balaban J connectivity index is 2.04. The molecule has 0 unspecified atom stereocenters. The van der Waals surface area contributed by atoms with Crippen LogP contribution >= 0.6 is 0 Å². The molecule has 7 heteroatoms. The molecule has 3 rings (SSSR count). The number of ether oxygens (including phenoxy) is 1. The zero-order valence-corrected chi connectivity index (χ0v) is 30.5. The molecule has 0 aliphatic rings. The second kappa shape index (κ2) is 15.0.